The molecule has 0 amide bonds. The number of hydrogen-bond acceptors (Lipinski definition) is 1. The Balaban J connectivity index is 2.47. The molecule has 0 saturated heterocycles. The van der Waals surface area contributed by atoms with E-state index in [-0.39, 0.29) is 16.1 Å². The normalized spacial score (nSPS) is 10.4. The Morgan fingerprint density at radius 1 is 1.06 bits per heavy atom. The van der Waals surface area contributed by atoms with Crippen molar-refractivity contribution in [3.05, 3.63) is 68.7 Å². The molecule has 2 rings (SSSR count). The van der Waals surface area contributed by atoms with Crippen molar-refractivity contribution in [1.82, 2.24) is 0 Å². The van der Waals surface area contributed by atoms with Crippen LogP contribution in [-0.2, 0) is 0 Å². The van der Waals surface area contributed by atoms with Crippen LogP contribution >= 0.6 is 27.5 Å². The first kappa shape index (κ1) is 13.2. The van der Waals surface area contributed by atoms with E-state index in [4.69, 9.17) is 11.6 Å². The summed E-state index contributed by atoms with van der Waals surface area (Å²) in [7, 11) is 0. The second-order valence-corrected chi connectivity index (χ2v) is 4.91. The molecule has 0 aromatic heterocycles. The van der Waals surface area contributed by atoms with Gasteiger partial charge in [0.2, 0.25) is 0 Å². The van der Waals surface area contributed by atoms with Crippen molar-refractivity contribution in [2.45, 2.75) is 0 Å². The van der Waals surface area contributed by atoms with Gasteiger partial charge in [0, 0.05) is 15.6 Å². The fraction of sp³-hybridized carbons (Fsp3) is 0. The Morgan fingerprint density at radius 3 is 2.44 bits per heavy atom. The highest BCUT2D eigenvalue weighted by Gasteiger charge is 2.15. The highest BCUT2D eigenvalue weighted by atomic mass is 79.9. The van der Waals surface area contributed by atoms with Crippen molar-refractivity contribution in [2.75, 3.05) is 0 Å². The number of ketones is 1. The molecule has 0 atom stereocenters. The van der Waals surface area contributed by atoms with Crippen molar-refractivity contribution in [2.24, 2.45) is 0 Å². The van der Waals surface area contributed by atoms with Crippen LogP contribution in [-0.4, -0.2) is 5.78 Å². The van der Waals surface area contributed by atoms with Gasteiger partial charge >= 0.3 is 0 Å². The fourth-order valence-electron chi connectivity index (χ4n) is 1.46. The van der Waals surface area contributed by atoms with Gasteiger partial charge in [-0.15, -0.1) is 0 Å². The monoisotopic (exact) mass is 330 g/mol. The molecule has 0 aliphatic rings. The van der Waals surface area contributed by atoms with Crippen LogP contribution in [0.15, 0.2) is 40.9 Å². The van der Waals surface area contributed by atoms with E-state index in [2.05, 4.69) is 15.9 Å². The van der Waals surface area contributed by atoms with Crippen LogP contribution in [0.5, 0.6) is 0 Å². The first-order valence-corrected chi connectivity index (χ1v) is 6.11. The van der Waals surface area contributed by atoms with Crippen molar-refractivity contribution >= 4 is 33.3 Å². The van der Waals surface area contributed by atoms with Crippen molar-refractivity contribution < 1.29 is 13.6 Å². The maximum atomic E-state index is 13.1. The molecule has 1 nitrogen and oxygen atoms in total. The molecule has 0 N–H and O–H groups in total. The summed E-state index contributed by atoms with van der Waals surface area (Å²) in [5.41, 5.74) is 0.283. The molecule has 18 heavy (non-hydrogen) atoms. The van der Waals surface area contributed by atoms with Gasteiger partial charge in [0.15, 0.2) is 17.4 Å². The van der Waals surface area contributed by atoms with Gasteiger partial charge in [-0.2, -0.15) is 0 Å². The van der Waals surface area contributed by atoms with Crippen molar-refractivity contribution in [3.8, 4) is 0 Å². The summed E-state index contributed by atoms with van der Waals surface area (Å²) in [5.74, 6) is -2.51. The third-order valence-corrected chi connectivity index (χ3v) is 3.18. The Morgan fingerprint density at radius 2 is 1.78 bits per heavy atom. The van der Waals surface area contributed by atoms with Crippen LogP contribution < -0.4 is 0 Å². The third-order valence-electron chi connectivity index (χ3n) is 2.35. The van der Waals surface area contributed by atoms with E-state index in [9.17, 15) is 13.6 Å². The standard InChI is InChI=1S/C13H6BrClF2O/c14-8-2-3-10(15)9(6-8)13(18)7-1-4-11(16)12(17)5-7/h1-6H. The van der Waals surface area contributed by atoms with Crippen molar-refractivity contribution in [3.63, 3.8) is 0 Å². The van der Waals surface area contributed by atoms with Gasteiger partial charge in [0.25, 0.3) is 0 Å². The van der Waals surface area contributed by atoms with Gasteiger partial charge in [0.05, 0.1) is 5.02 Å². The van der Waals surface area contributed by atoms with Gasteiger partial charge in [-0.05, 0) is 36.4 Å². The number of carbonyl (C=O) groups excluding carboxylic acids is 1. The summed E-state index contributed by atoms with van der Waals surface area (Å²) in [4.78, 5) is 12.1. The molecule has 0 spiro atoms. The van der Waals surface area contributed by atoms with E-state index in [0.29, 0.717) is 4.47 Å². The topological polar surface area (TPSA) is 17.1 Å². The zero-order valence-electron chi connectivity index (χ0n) is 8.88. The number of carbonyl (C=O) groups is 1. The van der Waals surface area contributed by atoms with Gasteiger partial charge in [-0.3, -0.25) is 4.79 Å². The molecule has 92 valence electrons. The number of halogens is 4. The Bertz CT molecular complexity index is 628. The van der Waals surface area contributed by atoms with Gasteiger partial charge < -0.3 is 0 Å². The van der Waals surface area contributed by atoms with E-state index >= 15 is 0 Å². The predicted molar refractivity (Wildman–Crippen MR) is 68.9 cm³/mol. The summed E-state index contributed by atoms with van der Waals surface area (Å²) < 4.78 is 26.5. The molecule has 0 heterocycles. The maximum absolute atomic E-state index is 13.1. The van der Waals surface area contributed by atoms with Crippen LogP contribution in [0.4, 0.5) is 8.78 Å². The van der Waals surface area contributed by atoms with Gasteiger partial charge in [-0.1, -0.05) is 27.5 Å². The highest BCUT2D eigenvalue weighted by molar-refractivity contribution is 9.10. The highest BCUT2D eigenvalue weighted by Crippen LogP contribution is 2.24. The first-order chi connectivity index (χ1) is 8.49. The summed E-state index contributed by atoms with van der Waals surface area (Å²) >= 11 is 9.12. The number of rotatable bonds is 2. The molecule has 0 saturated carbocycles. The van der Waals surface area contributed by atoms with Gasteiger partial charge in [-0.25, -0.2) is 8.78 Å². The van der Waals surface area contributed by atoms with Gasteiger partial charge in [0.1, 0.15) is 0 Å². The fourth-order valence-corrected chi connectivity index (χ4v) is 2.03. The third kappa shape index (κ3) is 2.60. The molecular formula is C13H6BrClF2O. The van der Waals surface area contributed by atoms with E-state index in [1.54, 1.807) is 12.1 Å². The lowest BCUT2D eigenvalue weighted by molar-refractivity contribution is 0.103. The molecule has 0 aliphatic carbocycles. The largest absolute Gasteiger partial charge is 0.289 e. The molecule has 0 unspecified atom stereocenters. The summed E-state index contributed by atoms with van der Waals surface area (Å²) in [6.07, 6.45) is 0. The van der Waals surface area contributed by atoms with Crippen molar-refractivity contribution in [1.29, 1.82) is 0 Å². The average Bonchev–Trinajstić information content (AvgIpc) is 2.35. The van der Waals surface area contributed by atoms with Crippen LogP contribution in [0.25, 0.3) is 0 Å². The van der Waals surface area contributed by atoms with Crippen LogP contribution in [0, 0.1) is 11.6 Å². The number of hydrogen-bond donors (Lipinski definition) is 0. The second kappa shape index (κ2) is 5.16. The lowest BCUT2D eigenvalue weighted by Gasteiger charge is -2.05. The molecule has 0 radical (unpaired) electrons. The minimum absolute atomic E-state index is 0.0499. The zero-order chi connectivity index (χ0) is 13.3. The molecule has 0 fully saturated rings. The molecular weight excluding hydrogens is 325 g/mol. The minimum atomic E-state index is -1.06. The number of benzene rings is 2. The minimum Gasteiger partial charge on any atom is -0.289 e. The Labute approximate surface area is 116 Å². The van der Waals surface area contributed by atoms with Crippen LogP contribution in [0.2, 0.25) is 5.02 Å². The predicted octanol–water partition coefficient (Wildman–Crippen LogP) is 4.61. The van der Waals surface area contributed by atoms with E-state index in [1.807, 2.05) is 0 Å². The zero-order valence-corrected chi connectivity index (χ0v) is 11.2. The van der Waals surface area contributed by atoms with E-state index < -0.39 is 17.4 Å². The van der Waals surface area contributed by atoms with E-state index in [0.717, 1.165) is 12.1 Å². The smallest absolute Gasteiger partial charge is 0.194 e. The average molecular weight is 332 g/mol. The summed E-state index contributed by atoms with van der Waals surface area (Å²) in [5, 5.41) is 0.257. The first-order valence-electron chi connectivity index (χ1n) is 4.94. The molecule has 2 aromatic rings. The van der Waals surface area contributed by atoms with Crippen LogP contribution in [0.3, 0.4) is 0 Å². The lowest BCUT2D eigenvalue weighted by atomic mass is 10.0. The Kier molecular flexibility index (Phi) is 3.78. The quantitative estimate of drug-likeness (QED) is 0.734. The SMILES string of the molecule is O=C(c1ccc(F)c(F)c1)c1cc(Br)ccc1Cl. The molecule has 0 bridgehead atoms. The maximum Gasteiger partial charge on any atom is 0.194 e. The molecule has 5 heteroatoms. The second-order valence-electron chi connectivity index (χ2n) is 3.58. The Hall–Kier alpha value is -1.26. The lowest BCUT2D eigenvalue weighted by Crippen LogP contribution is -2.03. The molecule has 0 aliphatic heterocycles. The summed E-state index contributed by atoms with van der Waals surface area (Å²) in [6.45, 7) is 0. The summed E-state index contributed by atoms with van der Waals surface area (Å²) in [6, 6.07) is 7.76. The van der Waals surface area contributed by atoms with Crippen LogP contribution in [0.1, 0.15) is 15.9 Å². The van der Waals surface area contributed by atoms with E-state index in [1.165, 1.54) is 12.1 Å². The molecule has 2 aromatic carbocycles.